The molecule has 2 nitrogen and oxygen atoms in total. The van der Waals surface area contributed by atoms with Crippen LogP contribution < -0.4 is 10.6 Å². The first kappa shape index (κ1) is 29.5. The molecule has 1 atom stereocenters. The Balaban J connectivity index is 2.53. The normalized spacial score (nSPS) is 20.7. The first-order chi connectivity index (χ1) is 16.7. The number of halogens is 12. The van der Waals surface area contributed by atoms with Gasteiger partial charge in [0.25, 0.3) is 5.60 Å². The molecule has 1 N–H and O–H groups in total. The summed E-state index contributed by atoms with van der Waals surface area (Å²) in [6.45, 7) is 1.47. The molecule has 0 spiro atoms. The SMILES string of the molecule is CCCC[P+]1(c2ccccc2C(O)(C(F)(F)F)C(F)(F)F)OC(C(F)(F)F)(C(F)(F)F)c2ccccc21. The van der Waals surface area contributed by atoms with Crippen LogP contribution in [0.15, 0.2) is 48.5 Å². The fourth-order valence-corrected chi connectivity index (χ4v) is 8.86. The molecule has 0 aliphatic carbocycles. The lowest BCUT2D eigenvalue weighted by Crippen LogP contribution is -2.56. The largest absolute Gasteiger partial charge is 0.435 e. The van der Waals surface area contributed by atoms with Gasteiger partial charge in [0.05, 0.1) is 11.7 Å². The Bertz CT molecular complexity index is 1110. The number of hydrogen-bond donors (Lipinski definition) is 1. The van der Waals surface area contributed by atoms with Crippen molar-refractivity contribution < 1.29 is 62.3 Å². The molecule has 15 heteroatoms. The molecule has 206 valence electrons. The minimum atomic E-state index is -6.44. The number of alkyl halides is 12. The van der Waals surface area contributed by atoms with Crippen LogP contribution in [0.1, 0.15) is 30.9 Å². The van der Waals surface area contributed by atoms with Crippen molar-refractivity contribution in [2.24, 2.45) is 0 Å². The average molecular weight is 573 g/mol. The van der Waals surface area contributed by atoms with Crippen LogP contribution in [0, 0.1) is 0 Å². The quantitative estimate of drug-likeness (QED) is 0.308. The van der Waals surface area contributed by atoms with E-state index in [2.05, 4.69) is 0 Å². The molecule has 3 rings (SSSR count). The van der Waals surface area contributed by atoms with Crippen molar-refractivity contribution in [3.05, 3.63) is 59.7 Å². The Morgan fingerprint density at radius 3 is 1.65 bits per heavy atom. The third-order valence-corrected chi connectivity index (χ3v) is 9.96. The number of fused-ring (bicyclic) bond motifs is 1. The lowest BCUT2D eigenvalue weighted by atomic mass is 9.92. The molecular formula is C22H18F12O2P+. The highest BCUT2D eigenvalue weighted by molar-refractivity contribution is 7.85. The van der Waals surface area contributed by atoms with Gasteiger partial charge >= 0.3 is 30.3 Å². The number of aliphatic hydroxyl groups is 1. The highest BCUT2D eigenvalue weighted by Crippen LogP contribution is 2.74. The Hall–Kier alpha value is -2.05. The minimum absolute atomic E-state index is 0.100. The van der Waals surface area contributed by atoms with Crippen molar-refractivity contribution >= 4 is 18.1 Å². The monoisotopic (exact) mass is 573 g/mol. The van der Waals surface area contributed by atoms with Crippen LogP contribution in [0.2, 0.25) is 0 Å². The summed E-state index contributed by atoms with van der Waals surface area (Å²) in [4.78, 5) is 0. The summed E-state index contributed by atoms with van der Waals surface area (Å²) in [6, 6.07) is 5.27. The van der Waals surface area contributed by atoms with Crippen LogP contribution in [-0.2, 0) is 15.7 Å². The standard InChI is InChI=1S/C22H18F12O2P/c1-2-3-12-37(15-10-6-4-8-13(15)17(35,19(23,24)25)20(26,27)28)16-11-7-5-9-14(16)18(36-37,21(29,30)31)22(32,33)34/h4-11,35H,2-3,12H2,1H3/q+1. The smallest absolute Gasteiger partial charge is 0.369 e. The molecule has 0 bridgehead atoms. The van der Waals surface area contributed by atoms with Crippen molar-refractivity contribution in [3.8, 4) is 0 Å². The summed E-state index contributed by atoms with van der Waals surface area (Å²) in [5, 5.41) is 8.08. The summed E-state index contributed by atoms with van der Waals surface area (Å²) in [5.74, 6) is 0. The molecule has 0 fully saturated rings. The zero-order chi connectivity index (χ0) is 28.3. The molecule has 0 saturated heterocycles. The van der Waals surface area contributed by atoms with Crippen LogP contribution in [-0.4, -0.2) is 36.0 Å². The molecule has 2 aromatic rings. The van der Waals surface area contributed by atoms with Gasteiger partial charge in [-0.3, -0.25) is 0 Å². The van der Waals surface area contributed by atoms with E-state index in [4.69, 9.17) is 4.52 Å². The average Bonchev–Trinajstić information content (AvgIpc) is 3.08. The van der Waals surface area contributed by atoms with E-state index in [9.17, 15) is 57.8 Å². The van der Waals surface area contributed by atoms with Crippen molar-refractivity contribution in [3.63, 3.8) is 0 Å². The summed E-state index contributed by atoms with van der Waals surface area (Å²) in [6.07, 6.45) is -26.1. The van der Waals surface area contributed by atoms with E-state index in [1.54, 1.807) is 0 Å². The molecule has 1 unspecified atom stereocenters. The van der Waals surface area contributed by atoms with Gasteiger partial charge < -0.3 is 5.11 Å². The first-order valence-corrected chi connectivity index (χ1v) is 12.4. The number of rotatable bonds is 5. The van der Waals surface area contributed by atoms with Gasteiger partial charge in [-0.1, -0.05) is 49.7 Å². The maximum Gasteiger partial charge on any atom is 0.435 e. The van der Waals surface area contributed by atoms with Crippen LogP contribution in [0.25, 0.3) is 0 Å². The lowest BCUT2D eigenvalue weighted by Gasteiger charge is -2.36. The van der Waals surface area contributed by atoms with E-state index in [1.807, 2.05) is 0 Å². The maximum absolute atomic E-state index is 14.2. The Morgan fingerprint density at radius 1 is 0.730 bits per heavy atom. The Labute approximate surface area is 202 Å². The van der Waals surface area contributed by atoms with E-state index < -0.39 is 71.3 Å². The van der Waals surface area contributed by atoms with Crippen molar-refractivity contribution in [2.45, 2.75) is 55.7 Å². The molecule has 0 radical (unpaired) electrons. The summed E-state index contributed by atoms with van der Waals surface area (Å²) >= 11 is 0. The predicted octanol–water partition coefficient (Wildman–Crippen LogP) is 7.03. The van der Waals surface area contributed by atoms with Crippen LogP contribution >= 0.6 is 7.49 Å². The van der Waals surface area contributed by atoms with Gasteiger partial charge in [-0.2, -0.15) is 57.2 Å². The highest BCUT2D eigenvalue weighted by Gasteiger charge is 2.84. The summed E-state index contributed by atoms with van der Waals surface area (Å²) in [5.41, 5.74) is -14.1. The first-order valence-electron chi connectivity index (χ1n) is 10.5. The second-order valence-corrected chi connectivity index (χ2v) is 11.4. The molecule has 1 heterocycles. The van der Waals surface area contributed by atoms with Gasteiger partial charge in [0, 0.05) is 5.56 Å². The molecule has 0 aromatic heterocycles. The van der Waals surface area contributed by atoms with Crippen molar-refractivity contribution in [1.29, 1.82) is 0 Å². The number of hydrogen-bond acceptors (Lipinski definition) is 2. The summed E-state index contributed by atoms with van der Waals surface area (Å²) < 4.78 is 173. The zero-order valence-corrected chi connectivity index (χ0v) is 19.5. The van der Waals surface area contributed by atoms with Gasteiger partial charge in [0.2, 0.25) is 7.49 Å². The molecular weight excluding hydrogens is 555 g/mol. The molecule has 2 aromatic carbocycles. The van der Waals surface area contributed by atoms with E-state index in [0.29, 0.717) is 18.2 Å². The predicted molar refractivity (Wildman–Crippen MR) is 110 cm³/mol. The molecule has 1 aliphatic rings. The molecule has 1 aliphatic heterocycles. The second kappa shape index (κ2) is 9.01. The van der Waals surface area contributed by atoms with Gasteiger partial charge in [-0.15, -0.1) is 0 Å². The Kier molecular flexibility index (Phi) is 7.19. The van der Waals surface area contributed by atoms with Crippen LogP contribution in [0.5, 0.6) is 0 Å². The van der Waals surface area contributed by atoms with Gasteiger partial charge in [-0.25, -0.2) is 0 Å². The van der Waals surface area contributed by atoms with Gasteiger partial charge in [0.15, 0.2) is 0 Å². The van der Waals surface area contributed by atoms with Crippen LogP contribution in [0.3, 0.4) is 0 Å². The van der Waals surface area contributed by atoms with Crippen molar-refractivity contribution in [1.82, 2.24) is 0 Å². The minimum Gasteiger partial charge on any atom is -0.369 e. The molecule has 0 amide bonds. The van der Waals surface area contributed by atoms with E-state index >= 15 is 0 Å². The molecule has 0 saturated carbocycles. The second-order valence-electron chi connectivity index (χ2n) is 8.33. The fourth-order valence-electron chi connectivity index (χ4n) is 4.39. The fraction of sp³-hybridized carbons (Fsp3) is 0.455. The maximum atomic E-state index is 14.2. The van der Waals surface area contributed by atoms with E-state index in [0.717, 1.165) is 24.3 Å². The topological polar surface area (TPSA) is 29.5 Å². The number of unbranched alkanes of at least 4 members (excludes halogenated alkanes) is 1. The van der Waals surface area contributed by atoms with E-state index in [-0.39, 0.29) is 18.9 Å². The third-order valence-electron chi connectivity index (χ3n) is 6.09. The Morgan fingerprint density at radius 2 is 1.19 bits per heavy atom. The van der Waals surface area contributed by atoms with Crippen LogP contribution in [0.4, 0.5) is 52.7 Å². The zero-order valence-electron chi connectivity index (χ0n) is 18.6. The lowest BCUT2D eigenvalue weighted by molar-refractivity contribution is -0.376. The summed E-state index contributed by atoms with van der Waals surface area (Å²) in [7, 11) is -4.79. The van der Waals surface area contributed by atoms with Gasteiger partial charge in [-0.05, 0) is 18.6 Å². The third kappa shape index (κ3) is 4.19. The highest BCUT2D eigenvalue weighted by atomic mass is 31.2. The molecule has 37 heavy (non-hydrogen) atoms. The van der Waals surface area contributed by atoms with Crippen molar-refractivity contribution in [2.75, 3.05) is 6.16 Å². The number of benzene rings is 2. The van der Waals surface area contributed by atoms with E-state index in [1.165, 1.54) is 6.92 Å². The van der Waals surface area contributed by atoms with Gasteiger partial charge in [0.1, 0.15) is 10.6 Å².